The molecular formula is C19H32N2O7. The van der Waals surface area contributed by atoms with Crippen molar-refractivity contribution in [2.75, 3.05) is 6.61 Å². The maximum absolute atomic E-state index is 12.3. The number of nitrogens with two attached hydrogens (primary N) is 2. The van der Waals surface area contributed by atoms with Crippen molar-refractivity contribution in [3.8, 4) is 0 Å². The summed E-state index contributed by atoms with van der Waals surface area (Å²) in [5, 5.41) is 0. The van der Waals surface area contributed by atoms with Gasteiger partial charge < -0.3 is 25.7 Å². The van der Waals surface area contributed by atoms with Gasteiger partial charge >= 0.3 is 17.9 Å². The summed E-state index contributed by atoms with van der Waals surface area (Å²) in [6.07, 6.45) is 0.862. The van der Waals surface area contributed by atoms with Crippen molar-refractivity contribution in [1.82, 2.24) is 0 Å². The highest BCUT2D eigenvalue weighted by atomic mass is 16.6. The summed E-state index contributed by atoms with van der Waals surface area (Å²) >= 11 is 0. The monoisotopic (exact) mass is 400 g/mol. The van der Waals surface area contributed by atoms with Gasteiger partial charge in [-0.2, -0.15) is 0 Å². The molecular weight excluding hydrogens is 368 g/mol. The van der Waals surface area contributed by atoms with Crippen molar-refractivity contribution < 1.29 is 33.4 Å². The van der Waals surface area contributed by atoms with Gasteiger partial charge in [-0.05, 0) is 60.1 Å². The van der Waals surface area contributed by atoms with Crippen LogP contribution in [-0.2, 0) is 33.4 Å². The Hall–Kier alpha value is -2.26. The van der Waals surface area contributed by atoms with Crippen LogP contribution in [0.1, 0.15) is 54.9 Å². The van der Waals surface area contributed by atoms with Crippen molar-refractivity contribution in [2.45, 2.75) is 78.2 Å². The first kappa shape index (κ1) is 25.7. The van der Waals surface area contributed by atoms with Gasteiger partial charge in [0.1, 0.15) is 42.1 Å². The van der Waals surface area contributed by atoms with E-state index in [4.69, 9.17) is 25.7 Å². The summed E-state index contributed by atoms with van der Waals surface area (Å²) in [6, 6.07) is -2.73. The van der Waals surface area contributed by atoms with E-state index in [2.05, 4.69) is 0 Å². The van der Waals surface area contributed by atoms with Gasteiger partial charge in [0.25, 0.3) is 0 Å². The average molecular weight is 400 g/mol. The van der Waals surface area contributed by atoms with Gasteiger partial charge in [0.2, 0.25) is 0 Å². The largest absolute Gasteiger partial charge is 0.461 e. The van der Waals surface area contributed by atoms with Crippen molar-refractivity contribution in [2.24, 2.45) is 11.5 Å². The number of hydrogen-bond donors (Lipinski definition) is 2. The number of Topliss-reactive ketones (excluding diaryl/α,β-unsaturated/α-hetero) is 1. The van der Waals surface area contributed by atoms with Gasteiger partial charge in [-0.1, -0.05) is 0 Å². The van der Waals surface area contributed by atoms with Gasteiger partial charge in [0, 0.05) is 0 Å². The van der Waals surface area contributed by atoms with E-state index in [0.717, 1.165) is 0 Å². The maximum Gasteiger partial charge on any atom is 0.327 e. The molecule has 4 N–H and O–H groups in total. The molecule has 160 valence electrons. The maximum atomic E-state index is 12.3. The van der Waals surface area contributed by atoms with Crippen molar-refractivity contribution in [3.63, 3.8) is 0 Å². The van der Waals surface area contributed by atoms with Crippen LogP contribution in [0, 0.1) is 0 Å². The third-order valence-electron chi connectivity index (χ3n) is 3.00. The highest BCUT2D eigenvalue weighted by molar-refractivity contribution is 5.94. The molecule has 0 bridgehead atoms. The number of rotatable bonds is 8. The molecule has 0 aliphatic rings. The standard InChI is InChI=1S/C19H32N2O7/c1-11(22)10-13(23)26-9-8-12(14(20)16(24)27-18(2,3)4)15(21)17(25)28-19(5,6)7/h8,14-15H,9-10,20-21H2,1-7H3. The Labute approximate surface area is 165 Å². The Balaban J connectivity index is 5.48. The zero-order valence-corrected chi connectivity index (χ0v) is 17.7. The molecule has 0 aromatic rings. The molecule has 0 fully saturated rings. The Bertz CT molecular complexity index is 591. The predicted molar refractivity (Wildman–Crippen MR) is 102 cm³/mol. The Morgan fingerprint density at radius 3 is 1.57 bits per heavy atom. The number of ketones is 1. The van der Waals surface area contributed by atoms with Crippen LogP contribution in [0.2, 0.25) is 0 Å². The number of esters is 3. The van der Waals surface area contributed by atoms with Crippen LogP contribution in [0.15, 0.2) is 11.6 Å². The van der Waals surface area contributed by atoms with Crippen LogP contribution in [-0.4, -0.2) is 53.6 Å². The molecule has 9 heteroatoms. The molecule has 2 unspecified atom stereocenters. The van der Waals surface area contributed by atoms with Gasteiger partial charge in [-0.3, -0.25) is 9.59 Å². The Morgan fingerprint density at radius 1 is 0.857 bits per heavy atom. The summed E-state index contributed by atoms with van der Waals surface area (Å²) in [6.45, 7) is 10.9. The van der Waals surface area contributed by atoms with Gasteiger partial charge in [0.05, 0.1) is 0 Å². The van der Waals surface area contributed by atoms with Crippen LogP contribution in [0.5, 0.6) is 0 Å². The minimum Gasteiger partial charge on any atom is -0.461 e. The van der Waals surface area contributed by atoms with Crippen LogP contribution >= 0.6 is 0 Å². The second-order valence-electron chi connectivity index (χ2n) is 8.29. The van der Waals surface area contributed by atoms with E-state index in [9.17, 15) is 19.2 Å². The lowest BCUT2D eigenvalue weighted by Gasteiger charge is -2.27. The lowest BCUT2D eigenvalue weighted by Crippen LogP contribution is -2.48. The molecule has 0 aromatic heterocycles. The van der Waals surface area contributed by atoms with E-state index in [1.54, 1.807) is 41.5 Å². The molecule has 0 saturated carbocycles. The molecule has 0 saturated heterocycles. The Kier molecular flexibility index (Phi) is 9.50. The highest BCUT2D eigenvalue weighted by Gasteiger charge is 2.33. The van der Waals surface area contributed by atoms with Crippen LogP contribution in [0.4, 0.5) is 0 Å². The van der Waals surface area contributed by atoms with E-state index in [1.165, 1.54) is 13.0 Å². The molecule has 2 atom stereocenters. The first-order chi connectivity index (χ1) is 12.5. The topological polar surface area (TPSA) is 148 Å². The molecule has 28 heavy (non-hydrogen) atoms. The average Bonchev–Trinajstić information content (AvgIpc) is 2.46. The quantitative estimate of drug-likeness (QED) is 0.261. The second-order valence-corrected chi connectivity index (χ2v) is 8.29. The fraction of sp³-hybridized carbons (Fsp3) is 0.684. The second kappa shape index (κ2) is 10.3. The summed E-state index contributed by atoms with van der Waals surface area (Å²) in [5.41, 5.74) is 10.3. The molecule has 0 rings (SSSR count). The lowest BCUT2D eigenvalue weighted by atomic mass is 9.99. The number of hydrogen-bond acceptors (Lipinski definition) is 9. The van der Waals surface area contributed by atoms with E-state index >= 15 is 0 Å². The lowest BCUT2D eigenvalue weighted by molar-refractivity contribution is -0.156. The van der Waals surface area contributed by atoms with E-state index in [-0.39, 0.29) is 24.4 Å². The number of ether oxygens (including phenoxy) is 3. The highest BCUT2D eigenvalue weighted by Crippen LogP contribution is 2.16. The fourth-order valence-corrected chi connectivity index (χ4v) is 1.94. The zero-order valence-electron chi connectivity index (χ0n) is 17.7. The summed E-state index contributed by atoms with van der Waals surface area (Å²) in [7, 11) is 0. The normalized spacial score (nSPS) is 13.8. The molecule has 0 spiro atoms. The van der Waals surface area contributed by atoms with Crippen LogP contribution in [0.3, 0.4) is 0 Å². The smallest absolute Gasteiger partial charge is 0.327 e. The van der Waals surface area contributed by atoms with Crippen LogP contribution in [0.25, 0.3) is 0 Å². The molecule has 0 heterocycles. The minimum atomic E-state index is -1.37. The van der Waals surface area contributed by atoms with E-state index in [1.807, 2.05) is 0 Å². The molecule has 0 aliphatic heterocycles. The van der Waals surface area contributed by atoms with Gasteiger partial charge in [0.15, 0.2) is 0 Å². The third-order valence-corrected chi connectivity index (χ3v) is 3.00. The molecule has 0 amide bonds. The summed E-state index contributed by atoms with van der Waals surface area (Å²) < 4.78 is 15.3. The van der Waals surface area contributed by atoms with E-state index in [0.29, 0.717) is 0 Å². The Morgan fingerprint density at radius 2 is 1.25 bits per heavy atom. The summed E-state index contributed by atoms with van der Waals surface area (Å²) in [4.78, 5) is 47.0. The fourth-order valence-electron chi connectivity index (χ4n) is 1.94. The summed E-state index contributed by atoms with van der Waals surface area (Å²) in [5.74, 6) is -2.70. The molecule has 0 radical (unpaired) electrons. The molecule has 0 aromatic carbocycles. The van der Waals surface area contributed by atoms with E-state index < -0.39 is 41.2 Å². The van der Waals surface area contributed by atoms with Gasteiger partial charge in [-0.15, -0.1) is 0 Å². The predicted octanol–water partition coefficient (Wildman–Crippen LogP) is 0.773. The van der Waals surface area contributed by atoms with Crippen molar-refractivity contribution >= 4 is 23.7 Å². The molecule has 0 aliphatic carbocycles. The van der Waals surface area contributed by atoms with Crippen molar-refractivity contribution in [1.29, 1.82) is 0 Å². The van der Waals surface area contributed by atoms with Crippen molar-refractivity contribution in [3.05, 3.63) is 11.6 Å². The number of carbonyl (C=O) groups is 4. The first-order valence-electron chi connectivity index (χ1n) is 8.85. The molecule has 9 nitrogen and oxygen atoms in total. The zero-order chi connectivity index (χ0) is 22.3. The van der Waals surface area contributed by atoms with Gasteiger partial charge in [-0.25, -0.2) is 9.59 Å². The third kappa shape index (κ3) is 10.8. The minimum absolute atomic E-state index is 0.0147. The first-order valence-corrected chi connectivity index (χ1v) is 8.85. The van der Waals surface area contributed by atoms with Crippen LogP contribution < -0.4 is 11.5 Å². The SMILES string of the molecule is CC(=O)CC(=O)OCC=C(C(N)C(=O)OC(C)(C)C)C(N)C(=O)OC(C)(C)C. The number of carbonyl (C=O) groups excluding carboxylic acids is 4.